The van der Waals surface area contributed by atoms with Crippen molar-refractivity contribution >= 4 is 29.8 Å². The zero-order chi connectivity index (χ0) is 28.0. The van der Waals surface area contributed by atoms with Crippen LogP contribution in [0.1, 0.15) is 93.9 Å². The van der Waals surface area contributed by atoms with Gasteiger partial charge in [0.25, 0.3) is 5.91 Å². The number of rotatable bonds is 8. The van der Waals surface area contributed by atoms with Gasteiger partial charge < -0.3 is 14.6 Å². The number of hydrogen-bond acceptors (Lipinski definition) is 6. The fourth-order valence-electron chi connectivity index (χ4n) is 4.75. The van der Waals surface area contributed by atoms with E-state index in [-0.39, 0.29) is 36.1 Å². The van der Waals surface area contributed by atoms with Crippen molar-refractivity contribution in [2.45, 2.75) is 90.2 Å². The summed E-state index contributed by atoms with van der Waals surface area (Å²) in [7, 11) is 0. The first-order valence-corrected chi connectivity index (χ1v) is 13.7. The van der Waals surface area contributed by atoms with Crippen LogP contribution >= 0.6 is 0 Å². The second-order valence-corrected chi connectivity index (χ2v) is 11.7. The average Bonchev–Trinajstić information content (AvgIpc) is 3.60. The molecule has 0 bridgehead atoms. The molecule has 2 aliphatic rings. The lowest BCUT2D eigenvalue weighted by Crippen LogP contribution is -2.45. The number of carbonyl (C=O) groups excluding carboxylic acids is 3. The van der Waals surface area contributed by atoms with E-state index in [9.17, 15) is 14.4 Å². The van der Waals surface area contributed by atoms with E-state index in [2.05, 4.69) is 32.6 Å². The number of hydrogen-bond donors (Lipinski definition) is 1. The van der Waals surface area contributed by atoms with Crippen molar-refractivity contribution in [3.05, 3.63) is 53.4 Å². The van der Waals surface area contributed by atoms with Crippen molar-refractivity contribution in [2.75, 3.05) is 0 Å². The third kappa shape index (κ3) is 8.97. The molecule has 1 aromatic heterocycles. The van der Waals surface area contributed by atoms with Crippen LogP contribution in [-0.2, 0) is 16.0 Å². The second-order valence-electron chi connectivity index (χ2n) is 11.7. The summed E-state index contributed by atoms with van der Waals surface area (Å²) in [5.41, 5.74) is 1.69. The monoisotopic (exact) mass is 534 g/mol. The van der Waals surface area contributed by atoms with E-state index in [1.54, 1.807) is 26.8 Å². The fourth-order valence-corrected chi connectivity index (χ4v) is 4.75. The highest BCUT2D eigenvalue weighted by molar-refractivity contribution is 5.97. The quantitative estimate of drug-likeness (QED) is 0.434. The first-order valence-electron chi connectivity index (χ1n) is 13.7. The van der Waals surface area contributed by atoms with Crippen LogP contribution in [-0.4, -0.2) is 46.6 Å². The SMILES string of the molecule is CC(C=NC(=O)OC(C)(C)C)CC(=O)N=C1CC[C@H](NC(=O)c2cc(C3CC3)on2)[C@H](Cc2ccccc2)C1. The summed E-state index contributed by atoms with van der Waals surface area (Å²) in [6, 6.07) is 11.8. The number of ether oxygens (including phenoxy) is 1. The molecule has 2 fully saturated rings. The molecule has 208 valence electrons. The van der Waals surface area contributed by atoms with E-state index >= 15 is 0 Å². The van der Waals surface area contributed by atoms with Crippen molar-refractivity contribution in [3.63, 3.8) is 0 Å². The van der Waals surface area contributed by atoms with Gasteiger partial charge in [-0.05, 0) is 70.8 Å². The average molecular weight is 535 g/mol. The Balaban J connectivity index is 1.37. The van der Waals surface area contributed by atoms with Crippen molar-refractivity contribution < 1.29 is 23.6 Å². The van der Waals surface area contributed by atoms with Gasteiger partial charge in [-0.25, -0.2) is 9.79 Å². The van der Waals surface area contributed by atoms with Crippen LogP contribution in [0, 0.1) is 11.8 Å². The van der Waals surface area contributed by atoms with Crippen molar-refractivity contribution in [2.24, 2.45) is 21.8 Å². The molecule has 39 heavy (non-hydrogen) atoms. The highest BCUT2D eigenvalue weighted by Gasteiger charge is 2.32. The Morgan fingerprint density at radius 3 is 2.62 bits per heavy atom. The van der Waals surface area contributed by atoms with Crippen LogP contribution in [0.25, 0.3) is 0 Å². The topological polar surface area (TPSA) is 123 Å². The van der Waals surface area contributed by atoms with Crippen molar-refractivity contribution in [3.8, 4) is 0 Å². The predicted octanol–water partition coefficient (Wildman–Crippen LogP) is 5.69. The maximum atomic E-state index is 13.0. The van der Waals surface area contributed by atoms with E-state index in [0.717, 1.165) is 30.7 Å². The molecule has 9 heteroatoms. The van der Waals surface area contributed by atoms with Gasteiger partial charge in [-0.3, -0.25) is 9.59 Å². The highest BCUT2D eigenvalue weighted by Crippen LogP contribution is 2.40. The lowest BCUT2D eigenvalue weighted by molar-refractivity contribution is -0.118. The van der Waals surface area contributed by atoms with Gasteiger partial charge in [0.2, 0.25) is 5.91 Å². The second kappa shape index (κ2) is 12.5. The highest BCUT2D eigenvalue weighted by atomic mass is 16.6. The van der Waals surface area contributed by atoms with Crippen LogP contribution in [0.15, 0.2) is 50.9 Å². The molecule has 2 aliphatic carbocycles. The Bertz CT molecular complexity index is 1220. The maximum Gasteiger partial charge on any atom is 0.433 e. The predicted molar refractivity (Wildman–Crippen MR) is 148 cm³/mol. The van der Waals surface area contributed by atoms with Gasteiger partial charge in [0.05, 0.1) is 0 Å². The molecule has 1 aromatic carbocycles. The Kier molecular flexibility index (Phi) is 9.09. The molecule has 4 rings (SSSR count). The number of aromatic nitrogens is 1. The molecular weight excluding hydrogens is 496 g/mol. The summed E-state index contributed by atoms with van der Waals surface area (Å²) in [5, 5.41) is 7.15. The van der Waals surface area contributed by atoms with Gasteiger partial charge in [-0.2, -0.15) is 4.99 Å². The molecule has 1 unspecified atom stereocenters. The first kappa shape index (κ1) is 28.4. The van der Waals surface area contributed by atoms with Gasteiger partial charge in [0.1, 0.15) is 11.4 Å². The smallest absolute Gasteiger partial charge is 0.433 e. The Morgan fingerprint density at radius 1 is 1.18 bits per heavy atom. The van der Waals surface area contributed by atoms with Crippen LogP contribution in [0.3, 0.4) is 0 Å². The van der Waals surface area contributed by atoms with E-state index in [1.807, 2.05) is 25.1 Å². The molecule has 1 heterocycles. The van der Waals surface area contributed by atoms with Crippen molar-refractivity contribution in [1.29, 1.82) is 0 Å². The summed E-state index contributed by atoms with van der Waals surface area (Å²) < 4.78 is 10.5. The minimum atomic E-state index is -0.674. The summed E-state index contributed by atoms with van der Waals surface area (Å²) in [6.45, 7) is 7.13. The summed E-state index contributed by atoms with van der Waals surface area (Å²) in [6.07, 6.45) is 5.73. The summed E-state index contributed by atoms with van der Waals surface area (Å²) >= 11 is 0. The number of nitrogens with one attached hydrogen (secondary N) is 1. The van der Waals surface area contributed by atoms with E-state index in [1.165, 1.54) is 11.8 Å². The molecular formula is C30H38N4O5. The van der Waals surface area contributed by atoms with Crippen molar-refractivity contribution in [1.82, 2.24) is 10.5 Å². The molecule has 0 radical (unpaired) electrons. The molecule has 3 atom stereocenters. The lowest BCUT2D eigenvalue weighted by atomic mass is 9.79. The fraction of sp³-hybridized carbons (Fsp3) is 0.533. The molecule has 1 N–H and O–H groups in total. The zero-order valence-corrected chi connectivity index (χ0v) is 23.2. The van der Waals surface area contributed by atoms with Gasteiger partial charge in [0.15, 0.2) is 5.69 Å². The third-order valence-electron chi connectivity index (χ3n) is 6.82. The first-order chi connectivity index (χ1) is 18.6. The van der Waals surface area contributed by atoms with Crippen LogP contribution < -0.4 is 5.32 Å². The molecule has 0 saturated heterocycles. The Hall–Kier alpha value is -3.62. The van der Waals surface area contributed by atoms with Crippen LogP contribution in [0.5, 0.6) is 0 Å². The number of carbonyl (C=O) groups is 3. The molecule has 0 spiro atoms. The standard InChI is InChI=1S/C30H38N4O5/c1-19(18-31-29(37)38-30(2,3)4)14-27(35)32-23-12-13-24(22(16-23)15-20-8-6-5-7-9-20)33-28(36)25-17-26(39-34-25)21-10-11-21/h5-9,17-19,21-22,24H,10-16H2,1-4H3,(H,33,36)/t19?,22-,24+/m1/s1. The number of aliphatic imine (C=N–C) groups is 2. The lowest BCUT2D eigenvalue weighted by Gasteiger charge is -2.33. The van der Waals surface area contributed by atoms with Crippen LogP contribution in [0.2, 0.25) is 0 Å². The van der Waals surface area contributed by atoms with E-state index < -0.39 is 11.7 Å². The molecule has 2 aromatic rings. The molecule has 2 saturated carbocycles. The van der Waals surface area contributed by atoms with Gasteiger partial charge in [0, 0.05) is 42.3 Å². The maximum absolute atomic E-state index is 13.0. The number of benzene rings is 1. The minimum absolute atomic E-state index is 0.0762. The summed E-state index contributed by atoms with van der Waals surface area (Å²) in [4.78, 5) is 45.7. The molecule has 9 nitrogen and oxygen atoms in total. The summed E-state index contributed by atoms with van der Waals surface area (Å²) in [5.74, 6) is 0.517. The van der Waals surface area contributed by atoms with Gasteiger partial charge >= 0.3 is 6.09 Å². The van der Waals surface area contributed by atoms with Gasteiger partial charge in [-0.15, -0.1) is 0 Å². The minimum Gasteiger partial charge on any atom is -0.442 e. The van der Waals surface area contributed by atoms with Gasteiger partial charge in [-0.1, -0.05) is 42.4 Å². The largest absolute Gasteiger partial charge is 0.442 e. The normalized spacial score (nSPS) is 21.6. The number of nitrogens with zero attached hydrogens (tertiary/aromatic N) is 3. The Labute approximate surface area is 229 Å². The molecule has 0 aliphatic heterocycles. The van der Waals surface area contributed by atoms with E-state index in [4.69, 9.17) is 9.26 Å². The van der Waals surface area contributed by atoms with E-state index in [0.29, 0.717) is 30.9 Å². The third-order valence-corrected chi connectivity index (χ3v) is 6.82. The van der Waals surface area contributed by atoms with Crippen LogP contribution in [0.4, 0.5) is 4.79 Å². The number of amides is 3. The Morgan fingerprint density at radius 2 is 1.92 bits per heavy atom. The zero-order valence-electron chi connectivity index (χ0n) is 23.2. The molecule has 3 amide bonds.